The lowest BCUT2D eigenvalue weighted by atomic mass is 10.1. The van der Waals surface area contributed by atoms with Crippen LogP contribution in [0.3, 0.4) is 0 Å². The van der Waals surface area contributed by atoms with Gasteiger partial charge in [-0.2, -0.15) is 18.4 Å². The first-order valence-corrected chi connectivity index (χ1v) is 8.21. The number of nitrogens with one attached hydrogen (secondary N) is 2. The van der Waals surface area contributed by atoms with Crippen molar-refractivity contribution in [2.45, 2.75) is 6.18 Å². The molecule has 2 N–H and O–H groups in total. The summed E-state index contributed by atoms with van der Waals surface area (Å²) in [7, 11) is 0. The molecule has 0 aliphatic rings. The average molecular weight is 397 g/mol. The molecule has 0 radical (unpaired) electrons. The number of hydrogen-bond acceptors (Lipinski definition) is 4. The number of nitrogens with zero attached hydrogens (tertiary/aromatic N) is 2. The molecule has 0 bridgehead atoms. The molecule has 2 aromatic carbocycles. The summed E-state index contributed by atoms with van der Waals surface area (Å²) >= 11 is 7.05. The third-order valence-corrected chi connectivity index (χ3v) is 4.44. The molecular weight excluding hydrogens is 389 g/mol. The van der Waals surface area contributed by atoms with Gasteiger partial charge in [0, 0.05) is 10.7 Å². The maximum absolute atomic E-state index is 13.0. The Hall–Kier alpha value is -2.83. The molecule has 0 saturated carbocycles. The van der Waals surface area contributed by atoms with E-state index in [1.165, 1.54) is 23.5 Å². The van der Waals surface area contributed by atoms with E-state index in [9.17, 15) is 18.0 Å². The molecule has 0 spiro atoms. The van der Waals surface area contributed by atoms with E-state index < -0.39 is 23.3 Å². The van der Waals surface area contributed by atoms with E-state index in [1.54, 1.807) is 18.2 Å². The second-order valence-electron chi connectivity index (χ2n) is 5.08. The number of urea groups is 1. The highest BCUT2D eigenvalue weighted by Gasteiger charge is 2.34. The van der Waals surface area contributed by atoms with E-state index >= 15 is 0 Å². The quantitative estimate of drug-likeness (QED) is 0.601. The Kier molecular flexibility index (Phi) is 4.71. The van der Waals surface area contributed by atoms with E-state index in [1.807, 2.05) is 0 Å². The van der Waals surface area contributed by atoms with Gasteiger partial charge in [-0.05, 0) is 36.4 Å². The third kappa shape index (κ3) is 3.87. The average Bonchev–Trinajstić information content (AvgIpc) is 2.95. The van der Waals surface area contributed by atoms with Gasteiger partial charge in [0.15, 0.2) is 5.13 Å². The van der Waals surface area contributed by atoms with Gasteiger partial charge in [-0.1, -0.05) is 22.9 Å². The number of benzene rings is 2. The van der Waals surface area contributed by atoms with Crippen LogP contribution in [0.4, 0.5) is 28.8 Å². The van der Waals surface area contributed by atoms with Crippen molar-refractivity contribution in [2.75, 3.05) is 10.6 Å². The Bertz CT molecular complexity index is 1040. The zero-order valence-corrected chi connectivity index (χ0v) is 14.3. The van der Waals surface area contributed by atoms with E-state index in [0.717, 1.165) is 10.8 Å². The molecule has 26 heavy (non-hydrogen) atoms. The summed E-state index contributed by atoms with van der Waals surface area (Å²) in [6, 6.07) is 8.67. The first kappa shape index (κ1) is 18.0. The molecule has 2 amide bonds. The maximum Gasteiger partial charge on any atom is 0.417 e. The van der Waals surface area contributed by atoms with Crippen LogP contribution in [0.2, 0.25) is 5.02 Å². The first-order chi connectivity index (χ1) is 12.3. The molecule has 1 heterocycles. The number of nitriles is 1. The Morgan fingerprint density at radius 1 is 1.19 bits per heavy atom. The molecule has 3 aromatic rings. The lowest BCUT2D eigenvalue weighted by Gasteiger charge is -2.11. The monoisotopic (exact) mass is 396 g/mol. The van der Waals surface area contributed by atoms with E-state index in [0.29, 0.717) is 16.6 Å². The van der Waals surface area contributed by atoms with Crippen LogP contribution in [-0.4, -0.2) is 11.0 Å². The van der Waals surface area contributed by atoms with Gasteiger partial charge in [-0.3, -0.25) is 5.32 Å². The Morgan fingerprint density at radius 2 is 1.96 bits per heavy atom. The number of carbonyl (C=O) groups excluding carboxylic acids is 1. The fourth-order valence-electron chi connectivity index (χ4n) is 2.17. The summed E-state index contributed by atoms with van der Waals surface area (Å²) < 4.78 is 39.6. The predicted molar refractivity (Wildman–Crippen MR) is 93.4 cm³/mol. The highest BCUT2D eigenvalue weighted by Crippen LogP contribution is 2.33. The summed E-state index contributed by atoms with van der Waals surface area (Å²) in [5.74, 6) is 0. The number of thiazole rings is 1. The van der Waals surface area contributed by atoms with E-state index in [2.05, 4.69) is 15.6 Å². The molecule has 0 saturated heterocycles. The standard InChI is InChI=1S/C16H8ClF3N4OS/c17-9-2-4-12-13(5-9)26-15(23-12)24-14(25)22-10-3-1-8(7-21)11(6-10)16(18,19)20/h1-6H,(H2,22,23,24,25). The number of alkyl halides is 3. The van der Waals surface area contributed by atoms with Crippen molar-refractivity contribution < 1.29 is 18.0 Å². The van der Waals surface area contributed by atoms with E-state index in [4.69, 9.17) is 16.9 Å². The number of halogens is 4. The van der Waals surface area contributed by atoms with Crippen LogP contribution >= 0.6 is 22.9 Å². The lowest BCUT2D eigenvalue weighted by molar-refractivity contribution is -0.137. The van der Waals surface area contributed by atoms with E-state index in [-0.39, 0.29) is 10.8 Å². The lowest BCUT2D eigenvalue weighted by Crippen LogP contribution is -2.20. The highest BCUT2D eigenvalue weighted by atomic mass is 35.5. The van der Waals surface area contributed by atoms with Gasteiger partial charge in [0.25, 0.3) is 0 Å². The summed E-state index contributed by atoms with van der Waals surface area (Å²) in [6.07, 6.45) is -4.70. The normalized spacial score (nSPS) is 11.2. The molecule has 0 aliphatic heterocycles. The van der Waals surface area contributed by atoms with Crippen LogP contribution in [0, 0.1) is 11.3 Å². The molecule has 0 atom stereocenters. The summed E-state index contributed by atoms with van der Waals surface area (Å²) in [6.45, 7) is 0. The first-order valence-electron chi connectivity index (χ1n) is 7.02. The number of carbonyl (C=O) groups is 1. The summed E-state index contributed by atoms with van der Waals surface area (Å²) in [4.78, 5) is 16.2. The minimum atomic E-state index is -4.70. The van der Waals surface area contributed by atoms with Gasteiger partial charge in [-0.15, -0.1) is 0 Å². The fourth-order valence-corrected chi connectivity index (χ4v) is 3.30. The second kappa shape index (κ2) is 6.82. The molecule has 5 nitrogen and oxygen atoms in total. The van der Waals surface area contributed by atoms with Crippen LogP contribution < -0.4 is 10.6 Å². The topological polar surface area (TPSA) is 77.8 Å². The van der Waals surface area contributed by atoms with Crippen LogP contribution in [0.1, 0.15) is 11.1 Å². The van der Waals surface area contributed by atoms with Crippen molar-refractivity contribution in [3.05, 3.63) is 52.5 Å². The van der Waals surface area contributed by atoms with Crippen molar-refractivity contribution in [3.8, 4) is 6.07 Å². The van der Waals surface area contributed by atoms with Crippen LogP contribution in [0.15, 0.2) is 36.4 Å². The molecule has 0 fully saturated rings. The van der Waals surface area contributed by atoms with Gasteiger partial charge in [-0.25, -0.2) is 9.78 Å². The molecule has 0 unspecified atom stereocenters. The number of rotatable bonds is 2. The fraction of sp³-hybridized carbons (Fsp3) is 0.0625. The molecule has 10 heteroatoms. The maximum atomic E-state index is 13.0. The van der Waals surface area contributed by atoms with Crippen LogP contribution in [0.25, 0.3) is 10.2 Å². The van der Waals surface area contributed by atoms with Crippen molar-refractivity contribution in [3.63, 3.8) is 0 Å². The highest BCUT2D eigenvalue weighted by molar-refractivity contribution is 7.22. The second-order valence-corrected chi connectivity index (χ2v) is 6.55. The number of aromatic nitrogens is 1. The SMILES string of the molecule is N#Cc1ccc(NC(=O)Nc2nc3ccc(Cl)cc3s2)cc1C(F)(F)F. The molecule has 1 aromatic heterocycles. The minimum Gasteiger partial charge on any atom is -0.308 e. The summed E-state index contributed by atoms with van der Waals surface area (Å²) in [5, 5.41) is 14.3. The van der Waals surface area contributed by atoms with Gasteiger partial charge < -0.3 is 5.32 Å². The molecule has 132 valence electrons. The number of amides is 2. The smallest absolute Gasteiger partial charge is 0.308 e. The van der Waals surface area contributed by atoms with Crippen molar-refractivity contribution in [2.24, 2.45) is 0 Å². The Labute approximate surface area is 154 Å². The van der Waals surface area contributed by atoms with Crippen LogP contribution in [0.5, 0.6) is 0 Å². The van der Waals surface area contributed by atoms with Gasteiger partial charge in [0.05, 0.1) is 27.4 Å². The zero-order chi connectivity index (χ0) is 18.9. The number of anilines is 2. The third-order valence-electron chi connectivity index (χ3n) is 3.27. The van der Waals surface area contributed by atoms with Crippen molar-refractivity contribution in [1.82, 2.24) is 4.98 Å². The minimum absolute atomic E-state index is 0.0991. The molecule has 0 aliphatic carbocycles. The Balaban J connectivity index is 1.78. The molecular formula is C16H8ClF3N4OS. The van der Waals surface area contributed by atoms with Crippen molar-refractivity contribution in [1.29, 1.82) is 5.26 Å². The zero-order valence-electron chi connectivity index (χ0n) is 12.7. The largest absolute Gasteiger partial charge is 0.417 e. The number of fused-ring (bicyclic) bond motifs is 1. The molecule has 3 rings (SSSR count). The number of hydrogen-bond donors (Lipinski definition) is 2. The Morgan fingerprint density at radius 3 is 2.65 bits per heavy atom. The predicted octanol–water partition coefficient (Wildman–Crippen LogP) is 5.48. The van der Waals surface area contributed by atoms with Crippen molar-refractivity contribution >= 4 is 50.0 Å². The van der Waals surface area contributed by atoms with Crippen LogP contribution in [-0.2, 0) is 6.18 Å². The van der Waals surface area contributed by atoms with Gasteiger partial charge in [0.1, 0.15) is 0 Å². The summed E-state index contributed by atoms with van der Waals surface area (Å²) in [5.41, 5.74) is -1.11. The van der Waals surface area contributed by atoms with Gasteiger partial charge >= 0.3 is 12.2 Å². The van der Waals surface area contributed by atoms with Gasteiger partial charge in [0.2, 0.25) is 0 Å².